The van der Waals surface area contributed by atoms with Crippen LogP contribution in [0.1, 0.15) is 19.0 Å². The van der Waals surface area contributed by atoms with E-state index in [1.54, 1.807) is 7.11 Å². The summed E-state index contributed by atoms with van der Waals surface area (Å²) < 4.78 is 7.54. The third kappa shape index (κ3) is 2.92. The summed E-state index contributed by atoms with van der Waals surface area (Å²) in [5.41, 5.74) is 2.68. The number of methoxy groups -OCH3 is 1. The van der Waals surface area contributed by atoms with E-state index in [9.17, 15) is 0 Å². The summed E-state index contributed by atoms with van der Waals surface area (Å²) in [4.78, 5) is 0. The lowest BCUT2D eigenvalue weighted by Gasteiger charge is -2.10. The lowest BCUT2D eigenvalue weighted by atomic mass is 10.2. The van der Waals surface area contributed by atoms with Crippen molar-refractivity contribution >= 4 is 10.9 Å². The van der Waals surface area contributed by atoms with Gasteiger partial charge in [0, 0.05) is 38.0 Å². The molecule has 0 aliphatic rings. The molecular weight excluding hydrogens is 224 g/mol. The molecule has 3 heteroatoms. The Morgan fingerprint density at radius 1 is 1.28 bits per heavy atom. The Kier molecular flexibility index (Phi) is 4.79. The number of nitrogens with one attached hydrogen (secondary N) is 1. The van der Waals surface area contributed by atoms with Crippen LogP contribution in [-0.2, 0) is 17.8 Å². The number of benzene rings is 1. The van der Waals surface area contributed by atoms with Crippen LogP contribution in [-0.4, -0.2) is 24.8 Å². The van der Waals surface area contributed by atoms with E-state index in [1.807, 2.05) is 0 Å². The zero-order chi connectivity index (χ0) is 12.8. The van der Waals surface area contributed by atoms with E-state index < -0.39 is 0 Å². The molecule has 0 spiro atoms. The zero-order valence-corrected chi connectivity index (χ0v) is 11.3. The average Bonchev–Trinajstić information content (AvgIpc) is 2.75. The zero-order valence-electron chi connectivity index (χ0n) is 11.3. The lowest BCUT2D eigenvalue weighted by Crippen LogP contribution is -2.15. The van der Waals surface area contributed by atoms with Crippen LogP contribution < -0.4 is 5.32 Å². The Morgan fingerprint density at radius 2 is 2.11 bits per heavy atom. The molecule has 0 amide bonds. The molecule has 1 aromatic heterocycles. The number of nitrogens with zero attached hydrogens (tertiary/aromatic N) is 1. The van der Waals surface area contributed by atoms with E-state index in [-0.39, 0.29) is 0 Å². The number of hydrogen-bond acceptors (Lipinski definition) is 2. The minimum atomic E-state index is 0.813. The van der Waals surface area contributed by atoms with Gasteiger partial charge in [-0.25, -0.2) is 0 Å². The van der Waals surface area contributed by atoms with Crippen molar-refractivity contribution in [3.05, 3.63) is 36.0 Å². The van der Waals surface area contributed by atoms with Crippen LogP contribution in [0.3, 0.4) is 0 Å². The average molecular weight is 246 g/mol. The van der Waals surface area contributed by atoms with Crippen molar-refractivity contribution < 1.29 is 4.74 Å². The highest BCUT2D eigenvalue weighted by Gasteiger charge is 2.07. The summed E-state index contributed by atoms with van der Waals surface area (Å²) in [6.45, 7) is 5.89. The summed E-state index contributed by atoms with van der Waals surface area (Å²) in [7, 11) is 1.76. The molecular formula is C15H22N2O. The molecule has 18 heavy (non-hydrogen) atoms. The fourth-order valence-electron chi connectivity index (χ4n) is 2.30. The van der Waals surface area contributed by atoms with Crippen LogP contribution in [0.5, 0.6) is 0 Å². The van der Waals surface area contributed by atoms with Crippen molar-refractivity contribution in [2.24, 2.45) is 0 Å². The first-order chi connectivity index (χ1) is 8.86. The Morgan fingerprint density at radius 3 is 2.89 bits per heavy atom. The molecule has 0 atom stereocenters. The molecule has 1 aromatic carbocycles. The number of aromatic nitrogens is 1. The molecule has 1 heterocycles. The molecule has 0 aliphatic carbocycles. The molecule has 2 aromatic rings. The third-order valence-corrected chi connectivity index (χ3v) is 3.18. The van der Waals surface area contributed by atoms with Crippen molar-refractivity contribution in [2.75, 3.05) is 20.3 Å². The van der Waals surface area contributed by atoms with Gasteiger partial charge in [0.05, 0.1) is 0 Å². The van der Waals surface area contributed by atoms with Gasteiger partial charge in [-0.3, -0.25) is 0 Å². The van der Waals surface area contributed by atoms with Gasteiger partial charge in [-0.15, -0.1) is 0 Å². The van der Waals surface area contributed by atoms with Crippen LogP contribution in [0.2, 0.25) is 0 Å². The van der Waals surface area contributed by atoms with Crippen molar-refractivity contribution in [1.82, 2.24) is 9.88 Å². The number of hydrogen-bond donors (Lipinski definition) is 1. The van der Waals surface area contributed by atoms with Crippen LogP contribution in [0.4, 0.5) is 0 Å². The summed E-state index contributed by atoms with van der Waals surface area (Å²) >= 11 is 0. The predicted molar refractivity (Wildman–Crippen MR) is 75.8 cm³/mol. The van der Waals surface area contributed by atoms with Crippen molar-refractivity contribution in [2.45, 2.75) is 26.4 Å². The summed E-state index contributed by atoms with van der Waals surface area (Å²) in [6, 6.07) is 10.9. The number of rotatable bonds is 7. The van der Waals surface area contributed by atoms with Crippen LogP contribution in [0.15, 0.2) is 30.3 Å². The van der Waals surface area contributed by atoms with E-state index in [1.165, 1.54) is 16.6 Å². The van der Waals surface area contributed by atoms with Gasteiger partial charge in [0.1, 0.15) is 0 Å². The van der Waals surface area contributed by atoms with E-state index in [0.29, 0.717) is 0 Å². The molecule has 0 fully saturated rings. The fraction of sp³-hybridized carbons (Fsp3) is 0.467. The number of aryl methyl sites for hydroxylation is 1. The van der Waals surface area contributed by atoms with Gasteiger partial charge in [-0.1, -0.05) is 25.1 Å². The second-order valence-electron chi connectivity index (χ2n) is 4.47. The molecule has 0 saturated carbocycles. The van der Waals surface area contributed by atoms with E-state index in [0.717, 1.165) is 32.7 Å². The maximum atomic E-state index is 5.14. The number of fused-ring (bicyclic) bond motifs is 1. The minimum absolute atomic E-state index is 0.813. The van der Waals surface area contributed by atoms with Gasteiger partial charge in [-0.05, 0) is 30.5 Å². The van der Waals surface area contributed by atoms with E-state index >= 15 is 0 Å². The first kappa shape index (κ1) is 13.1. The molecule has 1 N–H and O–H groups in total. The highest BCUT2D eigenvalue weighted by atomic mass is 16.5. The summed E-state index contributed by atoms with van der Waals surface area (Å²) in [5.74, 6) is 0. The molecule has 0 aliphatic heterocycles. The molecule has 0 unspecified atom stereocenters. The molecule has 0 bridgehead atoms. The van der Waals surface area contributed by atoms with Crippen LogP contribution >= 0.6 is 0 Å². The molecule has 0 saturated heterocycles. The number of para-hydroxylation sites is 1. The molecule has 98 valence electrons. The maximum absolute atomic E-state index is 5.14. The highest BCUT2D eigenvalue weighted by Crippen LogP contribution is 2.20. The fourth-order valence-corrected chi connectivity index (χ4v) is 2.30. The molecule has 0 radical (unpaired) electrons. The van der Waals surface area contributed by atoms with Crippen LogP contribution in [0.25, 0.3) is 10.9 Å². The van der Waals surface area contributed by atoms with Crippen LogP contribution in [0, 0.1) is 0 Å². The highest BCUT2D eigenvalue weighted by molar-refractivity contribution is 5.81. The van der Waals surface area contributed by atoms with Crippen molar-refractivity contribution in [3.8, 4) is 0 Å². The van der Waals surface area contributed by atoms with Gasteiger partial charge in [0.2, 0.25) is 0 Å². The van der Waals surface area contributed by atoms with Gasteiger partial charge >= 0.3 is 0 Å². The Labute approximate surface area is 109 Å². The van der Waals surface area contributed by atoms with Gasteiger partial charge in [0.25, 0.3) is 0 Å². The van der Waals surface area contributed by atoms with Crippen molar-refractivity contribution in [1.29, 1.82) is 0 Å². The quantitative estimate of drug-likeness (QED) is 0.760. The Bertz CT molecular complexity index is 490. The number of ether oxygens (including phenoxy) is 1. The lowest BCUT2D eigenvalue weighted by molar-refractivity contribution is 0.190. The monoisotopic (exact) mass is 246 g/mol. The largest absolute Gasteiger partial charge is 0.385 e. The summed E-state index contributed by atoms with van der Waals surface area (Å²) in [5, 5.41) is 4.73. The van der Waals surface area contributed by atoms with Gasteiger partial charge < -0.3 is 14.6 Å². The van der Waals surface area contributed by atoms with Gasteiger partial charge in [-0.2, -0.15) is 0 Å². The Hall–Kier alpha value is -1.32. The molecule has 3 nitrogen and oxygen atoms in total. The van der Waals surface area contributed by atoms with E-state index in [2.05, 4.69) is 47.1 Å². The second kappa shape index (κ2) is 6.57. The molecule has 2 rings (SSSR count). The van der Waals surface area contributed by atoms with Crippen molar-refractivity contribution in [3.63, 3.8) is 0 Å². The standard InChI is InChI=1S/C15H22N2O/c1-3-16-12-14-11-13-7-4-5-8-15(13)17(14)9-6-10-18-2/h4-5,7-8,11,16H,3,6,9-10,12H2,1-2H3. The smallest absolute Gasteiger partial charge is 0.0482 e. The second-order valence-corrected chi connectivity index (χ2v) is 4.47. The summed E-state index contributed by atoms with van der Waals surface area (Å²) in [6.07, 6.45) is 1.05. The maximum Gasteiger partial charge on any atom is 0.0482 e. The topological polar surface area (TPSA) is 26.2 Å². The predicted octanol–water partition coefficient (Wildman–Crippen LogP) is 2.79. The third-order valence-electron chi connectivity index (χ3n) is 3.18. The Balaban J connectivity index is 2.25. The minimum Gasteiger partial charge on any atom is -0.385 e. The van der Waals surface area contributed by atoms with E-state index in [4.69, 9.17) is 4.74 Å². The first-order valence-electron chi connectivity index (χ1n) is 6.63. The van der Waals surface area contributed by atoms with Gasteiger partial charge in [0.15, 0.2) is 0 Å². The normalized spacial score (nSPS) is 11.2. The first-order valence-corrected chi connectivity index (χ1v) is 6.63. The SMILES string of the molecule is CCNCc1cc2ccccc2n1CCCOC.